The van der Waals surface area contributed by atoms with Crippen LogP contribution in [0.15, 0.2) is 66.9 Å². The van der Waals surface area contributed by atoms with E-state index in [9.17, 15) is 14.4 Å². The van der Waals surface area contributed by atoms with Crippen molar-refractivity contribution < 1.29 is 23.9 Å². The number of esters is 2. The molecule has 1 atom stereocenters. The molecule has 0 fully saturated rings. The lowest BCUT2D eigenvalue weighted by atomic mass is 9.83. The Morgan fingerprint density at radius 1 is 0.829 bits per heavy atom. The molecule has 0 amide bonds. The molecule has 2 aromatic carbocycles. The van der Waals surface area contributed by atoms with E-state index in [-0.39, 0.29) is 31.3 Å². The van der Waals surface area contributed by atoms with E-state index >= 15 is 0 Å². The van der Waals surface area contributed by atoms with Gasteiger partial charge in [-0.1, -0.05) is 48.5 Å². The van der Waals surface area contributed by atoms with Crippen molar-refractivity contribution in [1.82, 2.24) is 4.98 Å². The average Bonchev–Trinajstić information content (AvgIpc) is 2.84. The fourth-order valence-corrected chi connectivity index (χ4v) is 4.15. The first-order valence-electron chi connectivity index (χ1n) is 11.8. The maximum atomic E-state index is 13.2. The SMILES string of the molecule is CCOC(=O)C(C(=O)OCC)c1ccc([C@H](CC(=O)c2ccnc(C)c2)c2ccccc2C)cc1. The highest BCUT2D eigenvalue weighted by Crippen LogP contribution is 2.33. The lowest BCUT2D eigenvalue weighted by Gasteiger charge is -2.21. The highest BCUT2D eigenvalue weighted by molar-refractivity contribution is 6.01. The third kappa shape index (κ3) is 6.41. The van der Waals surface area contributed by atoms with Gasteiger partial charge in [0, 0.05) is 29.8 Å². The van der Waals surface area contributed by atoms with Gasteiger partial charge in [0.1, 0.15) is 0 Å². The van der Waals surface area contributed by atoms with Crippen LogP contribution in [0.4, 0.5) is 0 Å². The van der Waals surface area contributed by atoms with Crippen molar-refractivity contribution >= 4 is 17.7 Å². The number of ether oxygens (including phenoxy) is 2. The molecule has 0 unspecified atom stereocenters. The third-order valence-electron chi connectivity index (χ3n) is 5.89. The van der Waals surface area contributed by atoms with Crippen molar-refractivity contribution in [1.29, 1.82) is 0 Å². The molecule has 0 aliphatic carbocycles. The van der Waals surface area contributed by atoms with Gasteiger partial charge in [0.15, 0.2) is 11.7 Å². The average molecular weight is 474 g/mol. The Morgan fingerprint density at radius 3 is 2.00 bits per heavy atom. The molecule has 1 heterocycles. The van der Waals surface area contributed by atoms with Gasteiger partial charge in [-0.2, -0.15) is 0 Å². The molecule has 6 nitrogen and oxygen atoms in total. The van der Waals surface area contributed by atoms with Crippen LogP contribution in [0.3, 0.4) is 0 Å². The number of hydrogen-bond acceptors (Lipinski definition) is 6. The van der Waals surface area contributed by atoms with Gasteiger partial charge in [-0.25, -0.2) is 0 Å². The van der Waals surface area contributed by atoms with Crippen LogP contribution in [0, 0.1) is 13.8 Å². The first-order valence-corrected chi connectivity index (χ1v) is 11.8. The Hall–Kier alpha value is -3.80. The minimum atomic E-state index is -1.15. The fraction of sp³-hybridized carbons (Fsp3) is 0.310. The van der Waals surface area contributed by atoms with Gasteiger partial charge in [0.2, 0.25) is 0 Å². The summed E-state index contributed by atoms with van der Waals surface area (Å²) < 4.78 is 10.2. The van der Waals surface area contributed by atoms with Gasteiger partial charge < -0.3 is 9.47 Å². The second-order valence-corrected chi connectivity index (χ2v) is 8.33. The summed E-state index contributed by atoms with van der Waals surface area (Å²) in [5.74, 6) is -2.62. The van der Waals surface area contributed by atoms with Crippen molar-refractivity contribution in [3.8, 4) is 0 Å². The zero-order chi connectivity index (χ0) is 25.4. The van der Waals surface area contributed by atoms with E-state index in [0.717, 1.165) is 22.4 Å². The molecule has 0 aliphatic heterocycles. The number of Topliss-reactive ketones (excluding diaryl/α,β-unsaturated/α-hetero) is 1. The highest BCUT2D eigenvalue weighted by Gasteiger charge is 2.31. The van der Waals surface area contributed by atoms with Gasteiger partial charge in [0.25, 0.3) is 0 Å². The molecule has 6 heteroatoms. The summed E-state index contributed by atoms with van der Waals surface area (Å²) in [5, 5.41) is 0. The van der Waals surface area contributed by atoms with Crippen LogP contribution in [0.1, 0.15) is 70.4 Å². The number of rotatable bonds is 10. The minimum Gasteiger partial charge on any atom is -0.465 e. The van der Waals surface area contributed by atoms with Crippen LogP contribution in [0.25, 0.3) is 0 Å². The van der Waals surface area contributed by atoms with Crippen molar-refractivity contribution in [3.63, 3.8) is 0 Å². The first kappa shape index (κ1) is 25.8. The van der Waals surface area contributed by atoms with Crippen molar-refractivity contribution in [3.05, 3.63) is 100 Å². The Balaban J connectivity index is 1.97. The Labute approximate surface area is 206 Å². The van der Waals surface area contributed by atoms with Crippen molar-refractivity contribution in [2.24, 2.45) is 0 Å². The fourth-order valence-electron chi connectivity index (χ4n) is 4.15. The molecule has 1 aromatic heterocycles. The monoisotopic (exact) mass is 473 g/mol. The zero-order valence-corrected chi connectivity index (χ0v) is 20.6. The molecular formula is C29H31NO5. The molecule has 0 radical (unpaired) electrons. The lowest BCUT2D eigenvalue weighted by Crippen LogP contribution is -2.26. The van der Waals surface area contributed by atoms with Gasteiger partial charge >= 0.3 is 11.9 Å². The molecule has 0 bridgehead atoms. The number of aromatic nitrogens is 1. The number of carbonyl (C=O) groups is 3. The van der Waals surface area contributed by atoms with E-state index in [2.05, 4.69) is 4.98 Å². The van der Waals surface area contributed by atoms with E-state index in [4.69, 9.17) is 9.47 Å². The summed E-state index contributed by atoms with van der Waals surface area (Å²) in [6.07, 6.45) is 1.91. The normalized spacial score (nSPS) is 11.7. The number of carbonyl (C=O) groups excluding carboxylic acids is 3. The van der Waals surface area contributed by atoms with Gasteiger partial charge in [0.05, 0.1) is 13.2 Å². The molecule has 0 aliphatic rings. The number of aryl methyl sites for hydroxylation is 2. The van der Waals surface area contributed by atoms with E-state index in [1.165, 1.54) is 0 Å². The largest absolute Gasteiger partial charge is 0.465 e. The second-order valence-electron chi connectivity index (χ2n) is 8.33. The van der Waals surface area contributed by atoms with E-state index in [0.29, 0.717) is 11.1 Å². The van der Waals surface area contributed by atoms with E-state index in [1.807, 2.05) is 50.2 Å². The number of pyridine rings is 1. The molecule has 0 N–H and O–H groups in total. The molecule has 35 heavy (non-hydrogen) atoms. The lowest BCUT2D eigenvalue weighted by molar-refractivity contribution is -0.156. The summed E-state index contributed by atoms with van der Waals surface area (Å²) in [7, 11) is 0. The van der Waals surface area contributed by atoms with E-state index < -0.39 is 17.9 Å². The summed E-state index contributed by atoms with van der Waals surface area (Å²) in [6.45, 7) is 7.60. The molecule has 182 valence electrons. The zero-order valence-electron chi connectivity index (χ0n) is 20.6. The number of nitrogens with zero attached hydrogens (tertiary/aromatic N) is 1. The molecule has 0 saturated heterocycles. The number of ketones is 1. The third-order valence-corrected chi connectivity index (χ3v) is 5.89. The number of benzene rings is 2. The van der Waals surface area contributed by atoms with Crippen LogP contribution in [-0.2, 0) is 19.1 Å². The van der Waals surface area contributed by atoms with Crippen LogP contribution >= 0.6 is 0 Å². The molecule has 0 spiro atoms. The predicted molar refractivity (Wildman–Crippen MR) is 133 cm³/mol. The molecule has 3 aromatic rings. The minimum absolute atomic E-state index is 0.0174. The highest BCUT2D eigenvalue weighted by atomic mass is 16.6. The van der Waals surface area contributed by atoms with Crippen LogP contribution in [0.5, 0.6) is 0 Å². The molecular weight excluding hydrogens is 442 g/mol. The first-order chi connectivity index (χ1) is 16.8. The van der Waals surface area contributed by atoms with Gasteiger partial charge in [-0.3, -0.25) is 19.4 Å². The summed E-state index contributed by atoms with van der Waals surface area (Å²) in [6, 6.07) is 18.7. The Morgan fingerprint density at radius 2 is 1.43 bits per heavy atom. The smallest absolute Gasteiger partial charge is 0.324 e. The molecule has 3 rings (SSSR count). The standard InChI is InChI=1S/C29H31NO5/c1-5-34-28(32)27(29(33)35-6-2)22-13-11-21(12-14-22)25(24-10-8-7-9-19(24)3)18-26(31)23-15-16-30-20(4)17-23/h7-17,25,27H,5-6,18H2,1-4H3/t25-/m0/s1. The second kappa shape index (κ2) is 12.1. The van der Waals surface area contributed by atoms with Crippen LogP contribution in [-0.4, -0.2) is 35.9 Å². The van der Waals surface area contributed by atoms with Crippen molar-refractivity contribution in [2.45, 2.75) is 46.0 Å². The van der Waals surface area contributed by atoms with E-state index in [1.54, 1.807) is 44.3 Å². The van der Waals surface area contributed by atoms with Crippen LogP contribution in [0.2, 0.25) is 0 Å². The molecule has 0 saturated carbocycles. The van der Waals surface area contributed by atoms with Gasteiger partial charge in [-0.05, 0) is 62.1 Å². The van der Waals surface area contributed by atoms with Crippen LogP contribution < -0.4 is 0 Å². The van der Waals surface area contributed by atoms with Crippen molar-refractivity contribution in [2.75, 3.05) is 13.2 Å². The summed E-state index contributed by atoms with van der Waals surface area (Å²) in [5.41, 5.74) is 4.94. The summed E-state index contributed by atoms with van der Waals surface area (Å²) in [4.78, 5) is 42.4. The maximum absolute atomic E-state index is 13.2. The quantitative estimate of drug-likeness (QED) is 0.225. The summed E-state index contributed by atoms with van der Waals surface area (Å²) >= 11 is 0. The number of hydrogen-bond donors (Lipinski definition) is 0. The predicted octanol–water partition coefficient (Wildman–Crippen LogP) is 5.31. The Kier molecular flexibility index (Phi) is 8.90. The maximum Gasteiger partial charge on any atom is 0.324 e. The van der Waals surface area contributed by atoms with Gasteiger partial charge in [-0.15, -0.1) is 0 Å². The topological polar surface area (TPSA) is 82.6 Å². The Bertz CT molecular complexity index is 1170.